The third kappa shape index (κ3) is 5.84. The van der Waals surface area contributed by atoms with Crippen LogP contribution in [0.1, 0.15) is 0 Å². The number of aliphatic hydroxyl groups excluding tert-OH is 1. The van der Waals surface area contributed by atoms with Crippen molar-refractivity contribution in [2.75, 3.05) is 13.2 Å². The predicted molar refractivity (Wildman–Crippen MR) is 43.5 cm³/mol. The summed E-state index contributed by atoms with van der Waals surface area (Å²) in [7, 11) is 0. The highest BCUT2D eigenvalue weighted by atomic mass is 35.5. The first-order valence-corrected chi connectivity index (χ1v) is 2.86. The van der Waals surface area contributed by atoms with Crippen molar-refractivity contribution in [3.05, 3.63) is 12.7 Å². The van der Waals surface area contributed by atoms with Crippen LogP contribution in [0.15, 0.2) is 12.7 Å². The summed E-state index contributed by atoms with van der Waals surface area (Å²) in [6, 6.07) is -0.931. The van der Waals surface area contributed by atoms with Gasteiger partial charge >= 0.3 is 5.97 Å². The second-order valence-electron chi connectivity index (χ2n) is 1.71. The molecule has 3 N–H and O–H groups in total. The Morgan fingerprint density at radius 3 is 2.73 bits per heavy atom. The predicted octanol–water partition coefficient (Wildman–Crippen LogP) is -0.543. The Morgan fingerprint density at radius 2 is 2.36 bits per heavy atom. The molecule has 0 fully saturated rings. The Morgan fingerprint density at radius 1 is 1.82 bits per heavy atom. The number of hydrogen-bond acceptors (Lipinski definition) is 4. The minimum atomic E-state index is -0.931. The lowest BCUT2D eigenvalue weighted by molar-refractivity contribution is -0.144. The third-order valence-electron chi connectivity index (χ3n) is 0.843. The van der Waals surface area contributed by atoms with Crippen LogP contribution < -0.4 is 5.73 Å². The van der Waals surface area contributed by atoms with Crippen molar-refractivity contribution in [3.8, 4) is 0 Å². The van der Waals surface area contributed by atoms with Crippen molar-refractivity contribution in [2.24, 2.45) is 5.73 Å². The summed E-state index contributed by atoms with van der Waals surface area (Å²) in [5.41, 5.74) is 5.10. The van der Waals surface area contributed by atoms with Crippen LogP contribution in [-0.4, -0.2) is 30.3 Å². The molecule has 0 spiro atoms. The van der Waals surface area contributed by atoms with Crippen LogP contribution in [0.3, 0.4) is 0 Å². The maximum atomic E-state index is 10.6. The maximum Gasteiger partial charge on any atom is 0.325 e. The van der Waals surface area contributed by atoms with Gasteiger partial charge in [-0.1, -0.05) is 12.7 Å². The molecule has 0 saturated heterocycles. The van der Waals surface area contributed by atoms with Crippen LogP contribution in [0.5, 0.6) is 0 Å². The van der Waals surface area contributed by atoms with Gasteiger partial charge in [-0.15, -0.1) is 12.4 Å². The lowest BCUT2D eigenvalue weighted by atomic mass is 10.3. The van der Waals surface area contributed by atoms with Gasteiger partial charge in [0.1, 0.15) is 12.6 Å². The van der Waals surface area contributed by atoms with Gasteiger partial charge in [-0.3, -0.25) is 4.79 Å². The zero-order valence-electron chi connectivity index (χ0n) is 6.03. The van der Waals surface area contributed by atoms with E-state index in [1.165, 1.54) is 6.08 Å². The van der Waals surface area contributed by atoms with Gasteiger partial charge in [-0.2, -0.15) is 0 Å². The fourth-order valence-corrected chi connectivity index (χ4v) is 0.323. The summed E-state index contributed by atoms with van der Waals surface area (Å²) in [5.74, 6) is -0.609. The molecule has 0 bridgehead atoms. The van der Waals surface area contributed by atoms with Crippen molar-refractivity contribution in [3.63, 3.8) is 0 Å². The Kier molecular flexibility index (Phi) is 8.92. The van der Waals surface area contributed by atoms with Crippen LogP contribution in [0.25, 0.3) is 0 Å². The maximum absolute atomic E-state index is 10.6. The molecule has 0 aromatic carbocycles. The normalized spacial score (nSPS) is 11.1. The molecule has 11 heavy (non-hydrogen) atoms. The Hall–Kier alpha value is -0.580. The summed E-state index contributed by atoms with van der Waals surface area (Å²) >= 11 is 0. The van der Waals surface area contributed by atoms with E-state index in [0.717, 1.165) is 0 Å². The van der Waals surface area contributed by atoms with Gasteiger partial charge in [0.2, 0.25) is 0 Å². The van der Waals surface area contributed by atoms with Crippen LogP contribution in [-0.2, 0) is 9.53 Å². The van der Waals surface area contributed by atoms with Crippen molar-refractivity contribution < 1.29 is 14.6 Å². The molecule has 0 saturated carbocycles. The smallest absolute Gasteiger partial charge is 0.325 e. The molecule has 0 aliphatic rings. The van der Waals surface area contributed by atoms with E-state index < -0.39 is 18.6 Å². The molecule has 0 aliphatic carbocycles. The molecule has 1 atom stereocenters. The Balaban J connectivity index is 0. The minimum Gasteiger partial charge on any atom is -0.460 e. The molecule has 5 heteroatoms. The van der Waals surface area contributed by atoms with Crippen LogP contribution in [0.2, 0.25) is 0 Å². The number of carbonyl (C=O) groups is 1. The fourth-order valence-electron chi connectivity index (χ4n) is 0.323. The molecule has 4 nitrogen and oxygen atoms in total. The Labute approximate surface area is 71.4 Å². The monoisotopic (exact) mass is 181 g/mol. The van der Waals surface area contributed by atoms with E-state index in [9.17, 15) is 4.79 Å². The quantitative estimate of drug-likeness (QED) is 0.451. The van der Waals surface area contributed by atoms with E-state index in [1.807, 2.05) is 0 Å². The topological polar surface area (TPSA) is 72.5 Å². The van der Waals surface area contributed by atoms with Crippen molar-refractivity contribution in [1.29, 1.82) is 0 Å². The van der Waals surface area contributed by atoms with Crippen LogP contribution >= 0.6 is 12.4 Å². The van der Waals surface area contributed by atoms with Gasteiger partial charge in [-0.05, 0) is 0 Å². The molecule has 0 unspecified atom stereocenters. The summed E-state index contributed by atoms with van der Waals surface area (Å²) < 4.78 is 4.50. The Bertz CT molecular complexity index is 129. The first-order chi connectivity index (χ1) is 4.72. The number of halogens is 1. The van der Waals surface area contributed by atoms with E-state index in [4.69, 9.17) is 10.8 Å². The van der Waals surface area contributed by atoms with Crippen molar-refractivity contribution in [2.45, 2.75) is 6.04 Å². The highest BCUT2D eigenvalue weighted by Gasteiger charge is 2.11. The highest BCUT2D eigenvalue weighted by Crippen LogP contribution is 1.83. The largest absolute Gasteiger partial charge is 0.460 e. The second kappa shape index (κ2) is 7.53. The molecule has 0 aliphatic heterocycles. The minimum absolute atomic E-state index is 0. The summed E-state index contributed by atoms with van der Waals surface area (Å²) in [4.78, 5) is 10.6. The van der Waals surface area contributed by atoms with E-state index >= 15 is 0 Å². The van der Waals surface area contributed by atoms with Gasteiger partial charge in [-0.25, -0.2) is 0 Å². The lowest BCUT2D eigenvalue weighted by Crippen LogP contribution is -2.35. The molecular weight excluding hydrogens is 170 g/mol. The zero-order chi connectivity index (χ0) is 7.98. The molecular formula is C6H12ClNO3. The third-order valence-corrected chi connectivity index (χ3v) is 0.843. The van der Waals surface area contributed by atoms with E-state index in [0.29, 0.717) is 0 Å². The average molecular weight is 182 g/mol. The van der Waals surface area contributed by atoms with E-state index in [2.05, 4.69) is 11.3 Å². The number of aliphatic hydroxyl groups is 1. The average Bonchev–Trinajstić information content (AvgIpc) is 1.98. The van der Waals surface area contributed by atoms with Gasteiger partial charge in [0.15, 0.2) is 0 Å². The first kappa shape index (κ1) is 13.0. The van der Waals surface area contributed by atoms with Gasteiger partial charge < -0.3 is 15.6 Å². The first-order valence-electron chi connectivity index (χ1n) is 2.86. The van der Waals surface area contributed by atoms with Gasteiger partial charge in [0, 0.05) is 0 Å². The van der Waals surface area contributed by atoms with Crippen LogP contribution in [0.4, 0.5) is 0 Å². The van der Waals surface area contributed by atoms with Gasteiger partial charge in [0.25, 0.3) is 0 Å². The van der Waals surface area contributed by atoms with Crippen molar-refractivity contribution in [1.82, 2.24) is 0 Å². The second-order valence-corrected chi connectivity index (χ2v) is 1.71. The van der Waals surface area contributed by atoms with Gasteiger partial charge in [0.05, 0.1) is 6.61 Å². The number of ether oxygens (including phenoxy) is 1. The number of nitrogens with two attached hydrogens (primary N) is 1. The lowest BCUT2D eigenvalue weighted by Gasteiger charge is -2.05. The molecule has 0 radical (unpaired) electrons. The van der Waals surface area contributed by atoms with Crippen LogP contribution in [0, 0.1) is 0 Å². The van der Waals surface area contributed by atoms with E-state index in [1.54, 1.807) is 0 Å². The molecule has 0 amide bonds. The molecule has 66 valence electrons. The molecule has 0 rings (SSSR count). The SMILES string of the molecule is C=CCOC(=O)[C@@H](N)CO.Cl. The molecule has 0 aromatic heterocycles. The number of hydrogen-bond donors (Lipinski definition) is 2. The summed E-state index contributed by atoms with van der Waals surface area (Å²) in [5, 5.41) is 8.35. The number of esters is 1. The zero-order valence-corrected chi connectivity index (χ0v) is 6.84. The molecule has 0 aromatic rings. The summed E-state index contributed by atoms with van der Waals surface area (Å²) in [6.45, 7) is 3.08. The molecule has 0 heterocycles. The fraction of sp³-hybridized carbons (Fsp3) is 0.500. The summed E-state index contributed by atoms with van der Waals surface area (Å²) in [6.07, 6.45) is 1.43. The standard InChI is InChI=1S/C6H11NO3.ClH/c1-2-3-10-6(9)5(7)4-8;/h2,5,8H,1,3-4,7H2;1H/t5-;/m0./s1. The van der Waals surface area contributed by atoms with E-state index in [-0.39, 0.29) is 19.0 Å². The number of rotatable bonds is 4. The number of carbonyl (C=O) groups excluding carboxylic acids is 1. The highest BCUT2D eigenvalue weighted by molar-refractivity contribution is 5.85. The van der Waals surface area contributed by atoms with Crippen molar-refractivity contribution >= 4 is 18.4 Å².